The second-order valence-electron chi connectivity index (χ2n) is 12.2. The van der Waals surface area contributed by atoms with Gasteiger partial charge in [0.1, 0.15) is 0 Å². The molecule has 6 aromatic rings. The minimum atomic E-state index is 0.286. The summed E-state index contributed by atoms with van der Waals surface area (Å²) in [6, 6.07) is 54.4. The molecule has 8 heteroatoms. The fourth-order valence-corrected chi connectivity index (χ4v) is 6.02. The molecule has 0 amide bonds. The Kier molecular flexibility index (Phi) is 12.5. The Morgan fingerprint density at radius 1 is 0.537 bits per heavy atom. The Labute approximate surface area is 317 Å². The Hall–Kier alpha value is -7.10. The third-order valence-corrected chi connectivity index (χ3v) is 8.60. The summed E-state index contributed by atoms with van der Waals surface area (Å²) in [5, 5.41) is 10.4. The number of benzene rings is 6. The van der Waals surface area contributed by atoms with Crippen LogP contribution in [0, 0.1) is 17.9 Å². The monoisotopic (exact) mass is 704 g/mol. The number of anilines is 6. The van der Waals surface area contributed by atoms with Crippen LogP contribution in [-0.4, -0.2) is 38.6 Å². The average Bonchev–Trinajstić information content (AvgIpc) is 3.23. The zero-order valence-corrected chi connectivity index (χ0v) is 29.8. The Morgan fingerprint density at radius 3 is 1.24 bits per heavy atom. The smallest absolute Gasteiger partial charge is 0.212 e. The van der Waals surface area contributed by atoms with Crippen LogP contribution in [0.15, 0.2) is 168 Å². The minimum absolute atomic E-state index is 0.286. The van der Waals surface area contributed by atoms with Gasteiger partial charge in [0.05, 0.1) is 31.3 Å². The molecule has 0 bridgehead atoms. The van der Waals surface area contributed by atoms with Crippen molar-refractivity contribution in [3.8, 4) is 6.07 Å². The normalized spacial score (nSPS) is 11.6. The highest BCUT2D eigenvalue weighted by Crippen LogP contribution is 2.38. The van der Waals surface area contributed by atoms with E-state index >= 15 is 0 Å². The molecule has 0 fully saturated rings. The number of para-hydroxylation sites is 2. The Morgan fingerprint density at radius 2 is 0.889 bits per heavy atom. The molecule has 8 nitrogen and oxygen atoms in total. The topological polar surface area (TPSA) is 111 Å². The summed E-state index contributed by atoms with van der Waals surface area (Å²) in [5.41, 5.74) is 20.8. The Balaban J connectivity index is 1.33. The number of nitriles is 1. The molecular formula is C46H40N8. The summed E-state index contributed by atoms with van der Waals surface area (Å²) in [6.07, 6.45) is 3.65. The SMILES string of the molecule is [C-]#[N+]/C(=C(/C#N)c1ccc(N(c2ccccc2)c2ccccc2)cc1)c1ccc(N(c2ccc(C=NCCN)cc2)c2ccc(C=NCCN)cc2)cc1. The first kappa shape index (κ1) is 36.7. The molecule has 0 heterocycles. The van der Waals surface area contributed by atoms with Crippen molar-refractivity contribution in [3.63, 3.8) is 0 Å². The van der Waals surface area contributed by atoms with Gasteiger partial charge in [0.25, 0.3) is 0 Å². The molecule has 0 unspecified atom stereocenters. The van der Waals surface area contributed by atoms with Gasteiger partial charge in [-0.25, -0.2) is 4.85 Å². The van der Waals surface area contributed by atoms with E-state index in [1.165, 1.54) is 0 Å². The molecule has 0 aliphatic heterocycles. The second kappa shape index (κ2) is 18.4. The molecule has 0 saturated heterocycles. The molecular weight excluding hydrogens is 665 g/mol. The van der Waals surface area contributed by atoms with Crippen LogP contribution in [-0.2, 0) is 0 Å². The van der Waals surface area contributed by atoms with E-state index in [-0.39, 0.29) is 5.70 Å². The van der Waals surface area contributed by atoms with Gasteiger partial charge in [-0.2, -0.15) is 5.26 Å². The fourth-order valence-electron chi connectivity index (χ4n) is 6.02. The van der Waals surface area contributed by atoms with Crippen molar-refractivity contribution in [3.05, 3.63) is 191 Å². The molecule has 0 aliphatic carbocycles. The maximum atomic E-state index is 10.4. The first-order valence-electron chi connectivity index (χ1n) is 17.7. The maximum Gasteiger partial charge on any atom is 0.212 e. The average molecular weight is 705 g/mol. The van der Waals surface area contributed by atoms with Crippen LogP contribution in [0.4, 0.5) is 34.1 Å². The van der Waals surface area contributed by atoms with Crippen molar-refractivity contribution in [2.24, 2.45) is 21.5 Å². The molecule has 4 N–H and O–H groups in total. The summed E-state index contributed by atoms with van der Waals surface area (Å²) in [4.78, 5) is 16.9. The third-order valence-electron chi connectivity index (χ3n) is 8.60. The third kappa shape index (κ3) is 8.85. The van der Waals surface area contributed by atoms with Crippen molar-refractivity contribution < 1.29 is 0 Å². The summed E-state index contributed by atoms with van der Waals surface area (Å²) in [6.45, 7) is 10.3. The number of nitrogens with zero attached hydrogens (tertiary/aromatic N) is 6. The van der Waals surface area contributed by atoms with Gasteiger partial charge in [-0.3, -0.25) is 9.98 Å². The van der Waals surface area contributed by atoms with Crippen LogP contribution in [0.25, 0.3) is 16.1 Å². The molecule has 0 saturated carbocycles. The molecule has 0 atom stereocenters. The summed E-state index contributed by atoms with van der Waals surface area (Å²) in [5.74, 6) is 0. The van der Waals surface area contributed by atoms with E-state index in [1.54, 1.807) is 0 Å². The molecule has 54 heavy (non-hydrogen) atoms. The van der Waals surface area contributed by atoms with Gasteiger partial charge in [-0.05, 0) is 95.1 Å². The van der Waals surface area contributed by atoms with E-state index in [0.717, 1.165) is 45.3 Å². The molecule has 0 aliphatic rings. The van der Waals surface area contributed by atoms with Crippen LogP contribution >= 0.6 is 0 Å². The van der Waals surface area contributed by atoms with Crippen LogP contribution in [0.5, 0.6) is 0 Å². The van der Waals surface area contributed by atoms with E-state index < -0.39 is 0 Å². The summed E-state index contributed by atoms with van der Waals surface area (Å²) >= 11 is 0. The highest BCUT2D eigenvalue weighted by Gasteiger charge is 2.17. The van der Waals surface area contributed by atoms with Gasteiger partial charge in [0.2, 0.25) is 5.70 Å². The Bertz CT molecular complexity index is 2180. The first-order valence-corrected chi connectivity index (χ1v) is 17.7. The largest absolute Gasteiger partial charge is 0.329 e. The quantitative estimate of drug-likeness (QED) is 0.0508. The highest BCUT2D eigenvalue weighted by molar-refractivity contribution is 6.00. The van der Waals surface area contributed by atoms with Gasteiger partial charge < -0.3 is 21.3 Å². The molecule has 0 spiro atoms. The van der Waals surface area contributed by atoms with Crippen molar-refractivity contribution in [1.82, 2.24) is 0 Å². The van der Waals surface area contributed by atoms with Crippen molar-refractivity contribution >= 4 is 57.8 Å². The lowest BCUT2D eigenvalue weighted by Gasteiger charge is -2.26. The predicted molar refractivity (Wildman–Crippen MR) is 224 cm³/mol. The van der Waals surface area contributed by atoms with Crippen LogP contribution in [0.2, 0.25) is 0 Å². The number of hydrogen-bond acceptors (Lipinski definition) is 7. The number of allylic oxidation sites excluding steroid dienone is 1. The lowest BCUT2D eigenvalue weighted by Crippen LogP contribution is -2.10. The minimum Gasteiger partial charge on any atom is -0.329 e. The zero-order chi connectivity index (χ0) is 37.5. The molecule has 0 radical (unpaired) electrons. The van der Waals surface area contributed by atoms with Gasteiger partial charge in [0.15, 0.2) is 0 Å². The van der Waals surface area contributed by atoms with Crippen LogP contribution < -0.4 is 21.3 Å². The summed E-state index contributed by atoms with van der Waals surface area (Å²) in [7, 11) is 0. The molecule has 264 valence electrons. The van der Waals surface area contributed by atoms with E-state index in [1.807, 2.05) is 146 Å². The second-order valence-corrected chi connectivity index (χ2v) is 12.2. The first-order chi connectivity index (χ1) is 26.6. The van der Waals surface area contributed by atoms with E-state index in [9.17, 15) is 5.26 Å². The predicted octanol–water partition coefficient (Wildman–Crippen LogP) is 9.69. The van der Waals surface area contributed by atoms with Crippen molar-refractivity contribution in [2.75, 3.05) is 36.0 Å². The number of nitrogens with two attached hydrogens (primary N) is 2. The lowest BCUT2D eigenvalue weighted by molar-refractivity contribution is 0.980. The maximum absolute atomic E-state index is 10.4. The van der Waals surface area contributed by atoms with Crippen LogP contribution in [0.1, 0.15) is 22.3 Å². The highest BCUT2D eigenvalue weighted by atomic mass is 15.1. The van der Waals surface area contributed by atoms with Gasteiger partial charge >= 0.3 is 0 Å². The zero-order valence-electron chi connectivity index (χ0n) is 29.8. The molecule has 6 rings (SSSR count). The fraction of sp³-hybridized carbons (Fsp3) is 0.0870. The number of hydrogen-bond donors (Lipinski definition) is 2. The van der Waals surface area contributed by atoms with Crippen molar-refractivity contribution in [2.45, 2.75) is 0 Å². The van der Waals surface area contributed by atoms with Gasteiger partial charge in [0, 0.05) is 59.6 Å². The standard InChI is InChI=1S/C46H40N8/c1-50-46(45(32-49)37-16-24-43(25-17-37)53(39-8-4-2-5-9-39)40-10-6-3-7-11-40)38-18-26-44(27-19-38)54(41-20-12-35(13-21-41)33-51-30-28-47)42-22-14-36(15-23-42)34-52-31-29-48/h2-27,33-34H,28-31,47-48H2/b46-45-,51-33?,52-34?. The number of rotatable bonds is 14. The van der Waals surface area contributed by atoms with Crippen molar-refractivity contribution in [1.29, 1.82) is 5.26 Å². The lowest BCUT2D eigenvalue weighted by atomic mass is 9.99. The molecule has 0 aromatic heterocycles. The summed E-state index contributed by atoms with van der Waals surface area (Å²) < 4.78 is 0. The van der Waals surface area contributed by atoms with Gasteiger partial charge in [-0.15, -0.1) is 0 Å². The molecule has 6 aromatic carbocycles. The van der Waals surface area contributed by atoms with E-state index in [0.29, 0.717) is 42.9 Å². The number of aliphatic imine (C=N–C) groups is 2. The van der Waals surface area contributed by atoms with E-state index in [4.69, 9.17) is 18.0 Å². The van der Waals surface area contributed by atoms with Crippen LogP contribution in [0.3, 0.4) is 0 Å². The van der Waals surface area contributed by atoms with Gasteiger partial charge in [-0.1, -0.05) is 84.9 Å². The van der Waals surface area contributed by atoms with E-state index in [2.05, 4.69) is 55.0 Å².